The first-order chi connectivity index (χ1) is 5.16. The van der Waals surface area contributed by atoms with Crippen LogP contribution in [-0.4, -0.2) is 12.3 Å². The fourth-order valence-corrected chi connectivity index (χ4v) is 2.61. The van der Waals surface area contributed by atoms with Gasteiger partial charge in [0.1, 0.15) is 12.3 Å². The highest BCUT2D eigenvalue weighted by Gasteiger charge is 2.15. The van der Waals surface area contributed by atoms with Crippen LogP contribution in [0, 0.1) is 5.92 Å². The maximum absolute atomic E-state index is 11.3. The van der Waals surface area contributed by atoms with Crippen LogP contribution in [-0.2, 0) is 4.57 Å². The van der Waals surface area contributed by atoms with Crippen molar-refractivity contribution in [2.24, 2.45) is 5.92 Å². The minimum atomic E-state index is -0.882. The smallest absolute Gasteiger partial charge is 0.0748 e. The van der Waals surface area contributed by atoms with Crippen molar-refractivity contribution in [1.29, 1.82) is 0 Å². The van der Waals surface area contributed by atoms with Crippen LogP contribution >= 0.6 is 7.80 Å². The van der Waals surface area contributed by atoms with Crippen LogP contribution in [0.5, 0.6) is 0 Å². The van der Waals surface area contributed by atoms with E-state index in [9.17, 15) is 4.57 Å². The van der Waals surface area contributed by atoms with Crippen molar-refractivity contribution in [3.63, 3.8) is 0 Å². The van der Waals surface area contributed by atoms with Crippen LogP contribution < -0.4 is 0 Å². The van der Waals surface area contributed by atoms with E-state index in [0.717, 1.165) is 18.7 Å². The molecule has 0 aliphatic heterocycles. The maximum Gasteiger partial charge on any atom is 0.338 e. The predicted molar refractivity (Wildman–Crippen MR) is 51.7 cm³/mol. The van der Waals surface area contributed by atoms with Gasteiger partial charge >= 0.3 is 7.80 Å². The van der Waals surface area contributed by atoms with Gasteiger partial charge in [-0.2, -0.15) is 0 Å². The first-order valence-corrected chi connectivity index (χ1v) is 6.22. The van der Waals surface area contributed by atoms with Crippen molar-refractivity contribution in [2.45, 2.75) is 40.0 Å². The lowest BCUT2D eigenvalue weighted by molar-refractivity contribution is 0.576. The van der Waals surface area contributed by atoms with E-state index in [0.29, 0.717) is 5.92 Å². The number of hydrogen-bond donors (Lipinski definition) is 0. The van der Waals surface area contributed by atoms with Crippen molar-refractivity contribution in [3.05, 3.63) is 0 Å². The van der Waals surface area contributed by atoms with E-state index in [-0.39, 0.29) is 0 Å². The summed E-state index contributed by atoms with van der Waals surface area (Å²) in [5.74, 6) is 0.597. The lowest BCUT2D eigenvalue weighted by Crippen LogP contribution is -1.92. The molecule has 0 aromatic heterocycles. The van der Waals surface area contributed by atoms with E-state index in [1.54, 1.807) is 0 Å². The standard InChI is InChI=1S/C9H20OP/c1-4-5-6-7-11(10)8-9(2)3/h9H,4-8H2,1-3H3/q+1. The summed E-state index contributed by atoms with van der Waals surface area (Å²) < 4.78 is 11.3. The molecule has 1 atom stereocenters. The average Bonchev–Trinajstić information content (AvgIpc) is 1.86. The lowest BCUT2D eigenvalue weighted by Gasteiger charge is -1.93. The molecule has 2 heteroatoms. The number of rotatable bonds is 6. The molecular weight excluding hydrogens is 155 g/mol. The van der Waals surface area contributed by atoms with Gasteiger partial charge in [0.05, 0.1) is 0 Å². The average molecular weight is 175 g/mol. The summed E-state index contributed by atoms with van der Waals surface area (Å²) in [7, 11) is -0.882. The Labute approximate surface area is 71.4 Å². The minimum Gasteiger partial charge on any atom is -0.0748 e. The first-order valence-electron chi connectivity index (χ1n) is 4.59. The van der Waals surface area contributed by atoms with E-state index in [2.05, 4.69) is 20.8 Å². The zero-order valence-corrected chi connectivity index (χ0v) is 8.86. The third kappa shape index (κ3) is 8.00. The van der Waals surface area contributed by atoms with Crippen molar-refractivity contribution < 1.29 is 4.57 Å². The molecule has 0 fully saturated rings. The van der Waals surface area contributed by atoms with Crippen LogP contribution in [0.3, 0.4) is 0 Å². The molecule has 0 spiro atoms. The second-order valence-electron chi connectivity index (χ2n) is 3.49. The summed E-state index contributed by atoms with van der Waals surface area (Å²) in [6.07, 6.45) is 5.48. The number of hydrogen-bond acceptors (Lipinski definition) is 1. The van der Waals surface area contributed by atoms with Crippen molar-refractivity contribution in [2.75, 3.05) is 12.3 Å². The topological polar surface area (TPSA) is 17.1 Å². The Hall–Kier alpha value is 0.100. The Kier molecular flexibility index (Phi) is 6.85. The Morgan fingerprint density at radius 2 is 1.91 bits per heavy atom. The second kappa shape index (κ2) is 6.79. The van der Waals surface area contributed by atoms with Gasteiger partial charge in [-0.15, -0.1) is 0 Å². The summed E-state index contributed by atoms with van der Waals surface area (Å²) in [4.78, 5) is 0. The largest absolute Gasteiger partial charge is 0.338 e. The summed E-state index contributed by atoms with van der Waals surface area (Å²) in [6.45, 7) is 6.44. The first kappa shape index (κ1) is 11.1. The van der Waals surface area contributed by atoms with Crippen molar-refractivity contribution in [3.8, 4) is 0 Å². The highest BCUT2D eigenvalue weighted by molar-refractivity contribution is 7.44. The van der Waals surface area contributed by atoms with Gasteiger partial charge < -0.3 is 0 Å². The molecule has 11 heavy (non-hydrogen) atoms. The third-order valence-corrected chi connectivity index (χ3v) is 3.53. The van der Waals surface area contributed by atoms with Crippen LogP contribution in [0.4, 0.5) is 0 Å². The highest BCUT2D eigenvalue weighted by Crippen LogP contribution is 2.25. The molecule has 0 aromatic carbocycles. The fourth-order valence-electron chi connectivity index (χ4n) is 1.04. The molecule has 0 rings (SSSR count). The molecule has 0 aromatic rings. The fraction of sp³-hybridized carbons (Fsp3) is 1.00. The zero-order chi connectivity index (χ0) is 8.69. The molecule has 0 saturated carbocycles. The van der Waals surface area contributed by atoms with Gasteiger partial charge in [0.25, 0.3) is 0 Å². The predicted octanol–water partition coefficient (Wildman–Crippen LogP) is 3.66. The van der Waals surface area contributed by atoms with Crippen molar-refractivity contribution >= 4 is 7.80 Å². The Balaban J connectivity index is 3.23. The van der Waals surface area contributed by atoms with Gasteiger partial charge in [-0.25, -0.2) is 0 Å². The van der Waals surface area contributed by atoms with Crippen molar-refractivity contribution in [1.82, 2.24) is 0 Å². The SMILES string of the molecule is CCCCC[P+](=O)CC(C)C. The molecular formula is C9H20OP+. The summed E-state index contributed by atoms with van der Waals surface area (Å²) in [5, 5.41) is 0. The third-order valence-electron chi connectivity index (χ3n) is 1.58. The summed E-state index contributed by atoms with van der Waals surface area (Å²) >= 11 is 0. The van der Waals surface area contributed by atoms with Crippen LogP contribution in [0.15, 0.2) is 0 Å². The van der Waals surface area contributed by atoms with Gasteiger partial charge in [-0.3, -0.25) is 0 Å². The van der Waals surface area contributed by atoms with Crippen LogP contribution in [0.2, 0.25) is 0 Å². The van der Waals surface area contributed by atoms with E-state index < -0.39 is 7.80 Å². The molecule has 0 aliphatic carbocycles. The maximum atomic E-state index is 11.3. The van der Waals surface area contributed by atoms with E-state index >= 15 is 0 Å². The molecule has 0 radical (unpaired) electrons. The highest BCUT2D eigenvalue weighted by atomic mass is 31.1. The minimum absolute atomic E-state index is 0.597. The molecule has 1 unspecified atom stereocenters. The molecule has 1 nitrogen and oxygen atoms in total. The van der Waals surface area contributed by atoms with E-state index in [1.807, 2.05) is 0 Å². The Morgan fingerprint density at radius 3 is 2.36 bits per heavy atom. The zero-order valence-electron chi connectivity index (χ0n) is 7.97. The Bertz CT molecular complexity index is 110. The molecule has 0 saturated heterocycles. The summed E-state index contributed by atoms with van der Waals surface area (Å²) in [5.41, 5.74) is 0. The molecule has 66 valence electrons. The molecule has 0 N–H and O–H groups in total. The monoisotopic (exact) mass is 175 g/mol. The van der Waals surface area contributed by atoms with Crippen LogP contribution in [0.1, 0.15) is 40.0 Å². The molecule has 0 amide bonds. The normalized spacial score (nSPS) is 12.2. The molecule has 0 bridgehead atoms. The van der Waals surface area contributed by atoms with E-state index in [4.69, 9.17) is 0 Å². The van der Waals surface area contributed by atoms with Gasteiger partial charge in [0.15, 0.2) is 0 Å². The molecule has 0 heterocycles. The molecule has 0 aliphatic rings. The lowest BCUT2D eigenvalue weighted by atomic mass is 10.3. The van der Waals surface area contributed by atoms with Gasteiger partial charge in [-0.05, 0) is 18.8 Å². The van der Waals surface area contributed by atoms with Gasteiger partial charge in [0.2, 0.25) is 0 Å². The van der Waals surface area contributed by atoms with Gasteiger partial charge in [0, 0.05) is 0 Å². The Morgan fingerprint density at radius 1 is 1.27 bits per heavy atom. The summed E-state index contributed by atoms with van der Waals surface area (Å²) in [6, 6.07) is 0. The van der Waals surface area contributed by atoms with Crippen LogP contribution in [0.25, 0.3) is 0 Å². The van der Waals surface area contributed by atoms with Gasteiger partial charge in [-0.1, -0.05) is 31.8 Å². The number of unbranched alkanes of at least 4 members (excludes halogenated alkanes) is 2. The second-order valence-corrected chi connectivity index (χ2v) is 5.26. The van der Waals surface area contributed by atoms with E-state index in [1.165, 1.54) is 12.8 Å². The quantitative estimate of drug-likeness (QED) is 0.444.